The van der Waals surface area contributed by atoms with Crippen LogP contribution in [-0.2, 0) is 13.0 Å². The second kappa shape index (κ2) is 7.64. The lowest BCUT2D eigenvalue weighted by Crippen LogP contribution is -2.39. The lowest BCUT2D eigenvalue weighted by Gasteiger charge is -2.11. The van der Waals surface area contributed by atoms with Crippen molar-refractivity contribution < 1.29 is 0 Å². The molecule has 108 valence electrons. The Bertz CT molecular complexity index is 531. The number of nitrogens with one attached hydrogen (secondary N) is 2. The molecule has 2 heterocycles. The van der Waals surface area contributed by atoms with Gasteiger partial charge in [0.25, 0.3) is 0 Å². The summed E-state index contributed by atoms with van der Waals surface area (Å²) in [6, 6.07) is 1.92. The first-order valence-corrected chi connectivity index (χ1v) is 7.43. The van der Waals surface area contributed by atoms with Gasteiger partial charge in [-0.15, -0.1) is 11.3 Å². The van der Waals surface area contributed by atoms with Crippen LogP contribution in [0.15, 0.2) is 29.6 Å². The first-order valence-electron chi connectivity index (χ1n) is 6.61. The summed E-state index contributed by atoms with van der Waals surface area (Å²) >= 11 is 1.74. The molecule has 0 bridgehead atoms. The molecule has 0 amide bonds. The first-order chi connectivity index (χ1) is 9.78. The van der Waals surface area contributed by atoms with E-state index in [9.17, 15) is 0 Å². The van der Waals surface area contributed by atoms with Crippen molar-refractivity contribution >= 4 is 17.3 Å². The number of hydrogen-bond acceptors (Lipinski definition) is 4. The van der Waals surface area contributed by atoms with Crippen LogP contribution in [-0.4, -0.2) is 40.9 Å². The zero-order valence-electron chi connectivity index (χ0n) is 11.8. The Balaban J connectivity index is 1.65. The Kier molecular flexibility index (Phi) is 5.55. The number of thiazole rings is 1. The molecule has 0 aromatic carbocycles. The topological polar surface area (TPSA) is 67.1 Å². The molecule has 0 spiro atoms. The number of hydrogen-bond donors (Lipinski definition) is 2. The standard InChI is InChI=1S/C13H20N6S/c1-11-10-17-12(20-11)4-6-15-13(14-2)16-7-9-19-8-3-5-18-19/h3,5,8,10H,4,6-7,9H2,1-2H3,(H2,14,15,16). The molecule has 0 aliphatic rings. The highest BCUT2D eigenvalue weighted by Gasteiger charge is 2.00. The minimum Gasteiger partial charge on any atom is -0.356 e. The molecule has 0 fully saturated rings. The van der Waals surface area contributed by atoms with Crippen LogP contribution in [0.4, 0.5) is 0 Å². The van der Waals surface area contributed by atoms with E-state index in [0.29, 0.717) is 0 Å². The van der Waals surface area contributed by atoms with Gasteiger partial charge in [0, 0.05) is 50.0 Å². The Morgan fingerprint density at radius 3 is 2.90 bits per heavy atom. The predicted molar refractivity (Wildman–Crippen MR) is 82.1 cm³/mol. The van der Waals surface area contributed by atoms with Crippen molar-refractivity contribution in [2.45, 2.75) is 19.9 Å². The fourth-order valence-electron chi connectivity index (χ4n) is 1.75. The van der Waals surface area contributed by atoms with Crippen LogP contribution in [0.5, 0.6) is 0 Å². The zero-order valence-corrected chi connectivity index (χ0v) is 12.7. The second-order valence-corrected chi connectivity index (χ2v) is 5.63. The van der Waals surface area contributed by atoms with Crippen LogP contribution < -0.4 is 10.6 Å². The van der Waals surface area contributed by atoms with Gasteiger partial charge in [-0.05, 0) is 13.0 Å². The highest BCUT2D eigenvalue weighted by atomic mass is 32.1. The fraction of sp³-hybridized carbons (Fsp3) is 0.462. The van der Waals surface area contributed by atoms with E-state index in [1.54, 1.807) is 24.6 Å². The Hall–Kier alpha value is -1.89. The van der Waals surface area contributed by atoms with E-state index in [0.717, 1.165) is 37.0 Å². The fourth-order valence-corrected chi connectivity index (χ4v) is 2.53. The van der Waals surface area contributed by atoms with Gasteiger partial charge in [0.15, 0.2) is 5.96 Å². The van der Waals surface area contributed by atoms with Gasteiger partial charge in [0.05, 0.1) is 11.6 Å². The maximum Gasteiger partial charge on any atom is 0.191 e. The third kappa shape index (κ3) is 4.65. The molecule has 2 aromatic heterocycles. The molecule has 0 radical (unpaired) electrons. The molecule has 6 nitrogen and oxygen atoms in total. The molecule has 2 N–H and O–H groups in total. The molecule has 0 aliphatic carbocycles. The van der Waals surface area contributed by atoms with Crippen molar-refractivity contribution in [3.63, 3.8) is 0 Å². The summed E-state index contributed by atoms with van der Waals surface area (Å²) in [5, 5.41) is 11.9. The van der Waals surface area contributed by atoms with Crippen LogP contribution in [0.2, 0.25) is 0 Å². The number of aliphatic imine (C=N–C) groups is 1. The van der Waals surface area contributed by atoms with Crippen molar-refractivity contribution in [3.05, 3.63) is 34.5 Å². The van der Waals surface area contributed by atoms with E-state index in [1.807, 2.05) is 23.1 Å². The van der Waals surface area contributed by atoms with Gasteiger partial charge < -0.3 is 10.6 Å². The van der Waals surface area contributed by atoms with Gasteiger partial charge in [-0.1, -0.05) is 0 Å². The van der Waals surface area contributed by atoms with Crippen molar-refractivity contribution in [1.29, 1.82) is 0 Å². The summed E-state index contributed by atoms with van der Waals surface area (Å²) in [4.78, 5) is 9.78. The summed E-state index contributed by atoms with van der Waals surface area (Å²) in [5.41, 5.74) is 0. The van der Waals surface area contributed by atoms with Crippen LogP contribution in [0.25, 0.3) is 0 Å². The molecular weight excluding hydrogens is 272 g/mol. The molecule has 0 unspecified atom stereocenters. The van der Waals surface area contributed by atoms with E-state index in [2.05, 4.69) is 32.6 Å². The largest absolute Gasteiger partial charge is 0.356 e. The maximum absolute atomic E-state index is 4.34. The summed E-state index contributed by atoms with van der Waals surface area (Å²) in [7, 11) is 1.77. The lowest BCUT2D eigenvalue weighted by molar-refractivity contribution is 0.597. The lowest BCUT2D eigenvalue weighted by atomic mass is 10.4. The minimum absolute atomic E-state index is 0.789. The van der Waals surface area contributed by atoms with Crippen LogP contribution in [0.3, 0.4) is 0 Å². The van der Waals surface area contributed by atoms with Gasteiger partial charge in [-0.25, -0.2) is 4.98 Å². The van der Waals surface area contributed by atoms with Crippen molar-refractivity contribution in [2.75, 3.05) is 20.1 Å². The molecule has 0 saturated heterocycles. The highest BCUT2D eigenvalue weighted by Crippen LogP contribution is 2.10. The normalized spacial score (nSPS) is 11.6. The number of nitrogens with zero attached hydrogens (tertiary/aromatic N) is 4. The SMILES string of the molecule is CN=C(NCCc1ncc(C)s1)NCCn1cccn1. The molecule has 0 saturated carbocycles. The summed E-state index contributed by atoms with van der Waals surface area (Å²) in [5.74, 6) is 0.811. The van der Waals surface area contributed by atoms with E-state index < -0.39 is 0 Å². The number of rotatable bonds is 6. The second-order valence-electron chi connectivity index (χ2n) is 4.31. The predicted octanol–water partition coefficient (Wildman–Crippen LogP) is 1.06. The Labute approximate surface area is 123 Å². The zero-order chi connectivity index (χ0) is 14.2. The third-order valence-corrected chi connectivity index (χ3v) is 3.69. The molecule has 20 heavy (non-hydrogen) atoms. The van der Waals surface area contributed by atoms with E-state index in [4.69, 9.17) is 0 Å². The minimum atomic E-state index is 0.789. The molecule has 2 aromatic rings. The van der Waals surface area contributed by atoms with Gasteiger partial charge >= 0.3 is 0 Å². The summed E-state index contributed by atoms with van der Waals surface area (Å²) in [6.07, 6.45) is 6.56. The molecule has 2 rings (SSSR count). The Morgan fingerprint density at radius 2 is 2.25 bits per heavy atom. The molecular formula is C13H20N6S. The van der Waals surface area contributed by atoms with E-state index >= 15 is 0 Å². The van der Waals surface area contributed by atoms with Crippen LogP contribution >= 0.6 is 11.3 Å². The summed E-state index contributed by atoms with van der Waals surface area (Å²) in [6.45, 7) is 4.51. The van der Waals surface area contributed by atoms with Crippen molar-refractivity contribution in [2.24, 2.45) is 4.99 Å². The van der Waals surface area contributed by atoms with Crippen LogP contribution in [0.1, 0.15) is 9.88 Å². The Morgan fingerprint density at radius 1 is 1.40 bits per heavy atom. The highest BCUT2D eigenvalue weighted by molar-refractivity contribution is 7.11. The maximum atomic E-state index is 4.34. The quantitative estimate of drug-likeness (QED) is 0.617. The number of guanidine groups is 1. The summed E-state index contributed by atoms with van der Waals surface area (Å²) < 4.78 is 1.89. The molecule has 0 aliphatic heterocycles. The van der Waals surface area contributed by atoms with Crippen LogP contribution in [0, 0.1) is 6.92 Å². The van der Waals surface area contributed by atoms with Crippen molar-refractivity contribution in [1.82, 2.24) is 25.4 Å². The average molecular weight is 292 g/mol. The van der Waals surface area contributed by atoms with E-state index in [1.165, 1.54) is 4.88 Å². The van der Waals surface area contributed by atoms with Gasteiger partial charge in [0.1, 0.15) is 0 Å². The molecule has 0 atom stereocenters. The third-order valence-electron chi connectivity index (χ3n) is 2.72. The number of aryl methyl sites for hydroxylation is 1. The van der Waals surface area contributed by atoms with Gasteiger partial charge in [0.2, 0.25) is 0 Å². The number of aromatic nitrogens is 3. The van der Waals surface area contributed by atoms with E-state index in [-0.39, 0.29) is 0 Å². The smallest absolute Gasteiger partial charge is 0.191 e. The van der Waals surface area contributed by atoms with Gasteiger partial charge in [-0.2, -0.15) is 5.10 Å². The van der Waals surface area contributed by atoms with Crippen molar-refractivity contribution in [3.8, 4) is 0 Å². The average Bonchev–Trinajstić information content (AvgIpc) is 3.09. The first kappa shape index (κ1) is 14.5. The molecule has 7 heteroatoms. The monoisotopic (exact) mass is 292 g/mol. The van der Waals surface area contributed by atoms with Gasteiger partial charge in [-0.3, -0.25) is 9.67 Å².